The molecule has 0 bridgehead atoms. The molecule has 1 aliphatic rings. The minimum Gasteiger partial charge on any atom is -0.398 e. The number of rotatable bonds is 4. The van der Waals surface area contributed by atoms with Gasteiger partial charge in [0, 0.05) is 35.0 Å². The monoisotopic (exact) mass is 366 g/mol. The summed E-state index contributed by atoms with van der Waals surface area (Å²) in [5.41, 5.74) is 8.82. The second-order valence-corrected chi connectivity index (χ2v) is 6.71. The SMILES string of the molecule is Cl.Nc1cccc2c1CCCN2C(=O)CCSc1ccc(F)cc1. The van der Waals surface area contributed by atoms with Crippen LogP contribution in [-0.2, 0) is 11.2 Å². The van der Waals surface area contributed by atoms with Crippen molar-refractivity contribution in [1.82, 2.24) is 0 Å². The highest BCUT2D eigenvalue weighted by Gasteiger charge is 2.23. The van der Waals surface area contributed by atoms with Gasteiger partial charge in [0.05, 0.1) is 0 Å². The molecule has 1 amide bonds. The molecule has 1 aliphatic heterocycles. The smallest absolute Gasteiger partial charge is 0.227 e. The van der Waals surface area contributed by atoms with Crippen molar-refractivity contribution in [1.29, 1.82) is 0 Å². The first-order valence-electron chi connectivity index (χ1n) is 7.71. The summed E-state index contributed by atoms with van der Waals surface area (Å²) in [4.78, 5) is 15.4. The highest BCUT2D eigenvalue weighted by Crippen LogP contribution is 2.32. The number of hydrogen-bond acceptors (Lipinski definition) is 3. The van der Waals surface area contributed by atoms with E-state index in [1.54, 1.807) is 23.9 Å². The Morgan fingerprint density at radius 1 is 1.21 bits per heavy atom. The van der Waals surface area contributed by atoms with Crippen molar-refractivity contribution < 1.29 is 9.18 Å². The van der Waals surface area contributed by atoms with Crippen LogP contribution in [0.1, 0.15) is 18.4 Å². The molecule has 6 heteroatoms. The van der Waals surface area contributed by atoms with Gasteiger partial charge in [-0.25, -0.2) is 4.39 Å². The van der Waals surface area contributed by atoms with E-state index in [0.717, 1.165) is 41.2 Å². The Balaban J connectivity index is 0.00000208. The van der Waals surface area contributed by atoms with Gasteiger partial charge in [-0.15, -0.1) is 24.2 Å². The van der Waals surface area contributed by atoms with Crippen molar-refractivity contribution in [3.05, 3.63) is 53.8 Å². The average Bonchev–Trinajstić information content (AvgIpc) is 2.56. The highest BCUT2D eigenvalue weighted by molar-refractivity contribution is 7.99. The summed E-state index contributed by atoms with van der Waals surface area (Å²) < 4.78 is 12.9. The van der Waals surface area contributed by atoms with E-state index < -0.39 is 0 Å². The first-order chi connectivity index (χ1) is 11.1. The van der Waals surface area contributed by atoms with E-state index in [4.69, 9.17) is 5.73 Å². The van der Waals surface area contributed by atoms with Crippen molar-refractivity contribution in [2.75, 3.05) is 22.9 Å². The van der Waals surface area contributed by atoms with E-state index >= 15 is 0 Å². The molecule has 0 aliphatic carbocycles. The zero-order chi connectivity index (χ0) is 16.2. The maximum absolute atomic E-state index is 12.9. The molecular weight excluding hydrogens is 347 g/mol. The molecule has 0 unspecified atom stereocenters. The quantitative estimate of drug-likeness (QED) is 0.648. The predicted octanol–water partition coefficient (Wildman–Crippen LogP) is 4.29. The zero-order valence-corrected chi connectivity index (χ0v) is 14.8. The van der Waals surface area contributed by atoms with Crippen molar-refractivity contribution >= 4 is 41.5 Å². The Bertz CT molecular complexity index is 709. The number of fused-ring (bicyclic) bond motifs is 1. The van der Waals surface area contributed by atoms with Crippen LogP contribution in [0.4, 0.5) is 15.8 Å². The van der Waals surface area contributed by atoms with E-state index in [9.17, 15) is 9.18 Å². The van der Waals surface area contributed by atoms with Gasteiger partial charge in [-0.2, -0.15) is 0 Å². The number of halogens is 2. The highest BCUT2D eigenvalue weighted by atomic mass is 35.5. The molecule has 0 radical (unpaired) electrons. The third kappa shape index (κ3) is 4.22. The summed E-state index contributed by atoms with van der Waals surface area (Å²) in [5.74, 6) is 0.553. The fraction of sp³-hybridized carbons (Fsp3) is 0.278. The summed E-state index contributed by atoms with van der Waals surface area (Å²) >= 11 is 1.57. The van der Waals surface area contributed by atoms with E-state index in [0.29, 0.717) is 12.2 Å². The Hall–Kier alpha value is -1.72. The number of anilines is 2. The largest absolute Gasteiger partial charge is 0.398 e. The fourth-order valence-corrected chi connectivity index (χ4v) is 3.67. The zero-order valence-electron chi connectivity index (χ0n) is 13.2. The molecule has 24 heavy (non-hydrogen) atoms. The predicted molar refractivity (Wildman–Crippen MR) is 101 cm³/mol. The number of nitrogens with zero attached hydrogens (tertiary/aromatic N) is 1. The second-order valence-electron chi connectivity index (χ2n) is 5.55. The van der Waals surface area contributed by atoms with Crippen LogP contribution in [-0.4, -0.2) is 18.2 Å². The summed E-state index contributed by atoms with van der Waals surface area (Å²) in [5, 5.41) is 0. The molecule has 0 spiro atoms. The molecule has 0 atom stereocenters. The first-order valence-corrected chi connectivity index (χ1v) is 8.70. The summed E-state index contributed by atoms with van der Waals surface area (Å²) in [6.45, 7) is 0.747. The molecule has 0 saturated heterocycles. The molecule has 0 fully saturated rings. The Labute approximate surface area is 151 Å². The standard InChI is InChI=1S/C18H19FN2OS.ClH/c19-13-6-8-14(9-7-13)23-12-10-18(22)21-11-2-3-15-16(20)4-1-5-17(15)21;/h1,4-9H,2-3,10-12,20H2;1H. The number of hydrogen-bond donors (Lipinski definition) is 1. The Morgan fingerprint density at radius 3 is 2.71 bits per heavy atom. The lowest BCUT2D eigenvalue weighted by Gasteiger charge is -2.30. The molecule has 2 N–H and O–H groups in total. The summed E-state index contributed by atoms with van der Waals surface area (Å²) in [7, 11) is 0. The third-order valence-corrected chi connectivity index (χ3v) is 5.00. The maximum Gasteiger partial charge on any atom is 0.227 e. The summed E-state index contributed by atoms with van der Waals surface area (Å²) in [6, 6.07) is 12.1. The van der Waals surface area contributed by atoms with Crippen molar-refractivity contribution in [2.24, 2.45) is 0 Å². The van der Waals surface area contributed by atoms with Crippen LogP contribution < -0.4 is 10.6 Å². The van der Waals surface area contributed by atoms with E-state index in [1.807, 2.05) is 23.1 Å². The fourth-order valence-electron chi connectivity index (χ4n) is 2.83. The Kier molecular flexibility index (Phi) is 6.52. The van der Waals surface area contributed by atoms with Crippen LogP contribution in [0.5, 0.6) is 0 Å². The molecule has 0 aromatic heterocycles. The average molecular weight is 367 g/mol. The summed E-state index contributed by atoms with van der Waals surface area (Å²) in [6.07, 6.45) is 2.32. The van der Waals surface area contributed by atoms with Crippen molar-refractivity contribution in [3.63, 3.8) is 0 Å². The van der Waals surface area contributed by atoms with E-state index in [-0.39, 0.29) is 24.1 Å². The first kappa shape index (κ1) is 18.6. The van der Waals surface area contributed by atoms with Crippen LogP contribution in [0.25, 0.3) is 0 Å². The Morgan fingerprint density at radius 2 is 1.96 bits per heavy atom. The van der Waals surface area contributed by atoms with Crippen LogP contribution in [0.2, 0.25) is 0 Å². The van der Waals surface area contributed by atoms with Crippen LogP contribution >= 0.6 is 24.2 Å². The lowest BCUT2D eigenvalue weighted by Crippen LogP contribution is -2.35. The van der Waals surface area contributed by atoms with Gasteiger partial charge in [0.15, 0.2) is 0 Å². The van der Waals surface area contributed by atoms with E-state index in [2.05, 4.69) is 0 Å². The minimum absolute atomic E-state index is 0. The molecule has 1 heterocycles. The van der Waals surface area contributed by atoms with E-state index in [1.165, 1.54) is 12.1 Å². The maximum atomic E-state index is 12.9. The number of nitrogens with two attached hydrogens (primary N) is 1. The topological polar surface area (TPSA) is 46.3 Å². The van der Waals surface area contributed by atoms with Gasteiger partial charge in [-0.05, 0) is 54.8 Å². The molecule has 3 nitrogen and oxygen atoms in total. The van der Waals surface area contributed by atoms with Crippen molar-refractivity contribution in [3.8, 4) is 0 Å². The van der Waals surface area contributed by atoms with Gasteiger partial charge in [-0.3, -0.25) is 4.79 Å². The number of nitrogen functional groups attached to an aromatic ring is 1. The molecule has 2 aromatic carbocycles. The van der Waals surface area contributed by atoms with Gasteiger partial charge >= 0.3 is 0 Å². The number of amides is 1. The van der Waals surface area contributed by atoms with Gasteiger partial charge in [0.2, 0.25) is 5.91 Å². The second kappa shape index (κ2) is 8.40. The van der Waals surface area contributed by atoms with Crippen LogP contribution in [0.3, 0.4) is 0 Å². The molecule has 3 rings (SSSR count). The molecule has 128 valence electrons. The van der Waals surface area contributed by atoms with Crippen LogP contribution in [0.15, 0.2) is 47.4 Å². The molecule has 0 saturated carbocycles. The van der Waals surface area contributed by atoms with Gasteiger partial charge in [0.25, 0.3) is 0 Å². The van der Waals surface area contributed by atoms with Gasteiger partial charge in [0.1, 0.15) is 5.82 Å². The number of carbonyl (C=O) groups excluding carboxylic acids is 1. The molecule has 2 aromatic rings. The lowest BCUT2D eigenvalue weighted by molar-refractivity contribution is -0.118. The normalized spacial score (nSPS) is 13.1. The number of benzene rings is 2. The van der Waals surface area contributed by atoms with Crippen molar-refractivity contribution in [2.45, 2.75) is 24.2 Å². The number of thioether (sulfide) groups is 1. The molecular formula is C18H20ClFN2OS. The third-order valence-electron chi connectivity index (χ3n) is 3.99. The van der Waals surface area contributed by atoms with Gasteiger partial charge < -0.3 is 10.6 Å². The van der Waals surface area contributed by atoms with Crippen LogP contribution in [0, 0.1) is 5.82 Å². The van der Waals surface area contributed by atoms with Gasteiger partial charge in [-0.1, -0.05) is 6.07 Å². The lowest BCUT2D eigenvalue weighted by atomic mass is 9.99. The number of carbonyl (C=O) groups is 1. The minimum atomic E-state index is -0.243.